The van der Waals surface area contributed by atoms with Gasteiger partial charge in [-0.3, -0.25) is 0 Å². The van der Waals surface area contributed by atoms with Crippen LogP contribution in [0, 0.1) is 0 Å². The van der Waals surface area contributed by atoms with Crippen LogP contribution in [-0.4, -0.2) is 36.5 Å². The van der Waals surface area contributed by atoms with E-state index in [4.69, 9.17) is 21.4 Å². The lowest BCUT2D eigenvalue weighted by Crippen LogP contribution is -2.39. The first-order chi connectivity index (χ1) is 11.2. The SMILES string of the molecule is COCCN(C(=S)Nc1cccc(SC)c1)[C@@H](C)c1ccco1. The van der Waals surface area contributed by atoms with Crippen molar-refractivity contribution in [1.29, 1.82) is 0 Å². The van der Waals surface area contributed by atoms with Crippen molar-refractivity contribution in [1.82, 2.24) is 4.90 Å². The van der Waals surface area contributed by atoms with Gasteiger partial charge in [0.15, 0.2) is 5.11 Å². The maximum Gasteiger partial charge on any atom is 0.174 e. The summed E-state index contributed by atoms with van der Waals surface area (Å²) < 4.78 is 10.7. The number of nitrogens with one attached hydrogen (secondary N) is 1. The van der Waals surface area contributed by atoms with E-state index in [1.807, 2.05) is 24.3 Å². The van der Waals surface area contributed by atoms with Crippen molar-refractivity contribution < 1.29 is 9.15 Å². The fraction of sp³-hybridized carbons (Fsp3) is 0.353. The molecule has 0 fully saturated rings. The average Bonchev–Trinajstić information content (AvgIpc) is 3.09. The Balaban J connectivity index is 2.12. The first kappa shape index (κ1) is 17.8. The van der Waals surface area contributed by atoms with E-state index in [0.29, 0.717) is 18.3 Å². The minimum Gasteiger partial charge on any atom is -0.467 e. The number of methoxy groups -OCH3 is 1. The zero-order valence-corrected chi connectivity index (χ0v) is 15.2. The van der Waals surface area contributed by atoms with Crippen LogP contribution >= 0.6 is 24.0 Å². The Morgan fingerprint density at radius 2 is 2.22 bits per heavy atom. The maximum atomic E-state index is 5.61. The van der Waals surface area contributed by atoms with Crippen LogP contribution in [0.2, 0.25) is 0 Å². The Hall–Kier alpha value is -1.50. The van der Waals surface area contributed by atoms with Gasteiger partial charge in [-0.1, -0.05) is 6.07 Å². The van der Waals surface area contributed by atoms with Gasteiger partial charge in [-0.15, -0.1) is 11.8 Å². The summed E-state index contributed by atoms with van der Waals surface area (Å²) in [5.41, 5.74) is 0.982. The summed E-state index contributed by atoms with van der Waals surface area (Å²) in [5.74, 6) is 0.878. The molecule has 0 spiro atoms. The number of thioether (sulfide) groups is 1. The second-order valence-corrected chi connectivity index (χ2v) is 6.31. The number of furan rings is 1. The topological polar surface area (TPSA) is 37.6 Å². The molecule has 0 radical (unpaired) electrons. The molecule has 2 aromatic rings. The van der Waals surface area contributed by atoms with E-state index in [-0.39, 0.29) is 6.04 Å². The number of anilines is 1. The van der Waals surface area contributed by atoms with Gasteiger partial charge in [0.1, 0.15) is 5.76 Å². The summed E-state index contributed by atoms with van der Waals surface area (Å²) in [6.45, 7) is 3.35. The summed E-state index contributed by atoms with van der Waals surface area (Å²) in [7, 11) is 1.69. The number of ether oxygens (including phenoxy) is 1. The van der Waals surface area contributed by atoms with Gasteiger partial charge in [-0.2, -0.15) is 0 Å². The number of hydrogen-bond acceptors (Lipinski definition) is 4. The van der Waals surface area contributed by atoms with Crippen LogP contribution in [0.1, 0.15) is 18.7 Å². The van der Waals surface area contributed by atoms with E-state index in [1.165, 1.54) is 4.90 Å². The molecule has 1 aromatic heterocycles. The van der Waals surface area contributed by atoms with Gasteiger partial charge in [0.25, 0.3) is 0 Å². The van der Waals surface area contributed by atoms with Gasteiger partial charge in [0.2, 0.25) is 0 Å². The van der Waals surface area contributed by atoms with Crippen LogP contribution in [-0.2, 0) is 4.74 Å². The molecule has 0 saturated carbocycles. The molecule has 124 valence electrons. The minimum absolute atomic E-state index is 0.0314. The van der Waals surface area contributed by atoms with Crippen LogP contribution in [0.15, 0.2) is 52.0 Å². The lowest BCUT2D eigenvalue weighted by Gasteiger charge is -2.30. The Morgan fingerprint density at radius 3 is 2.87 bits per heavy atom. The largest absolute Gasteiger partial charge is 0.467 e. The van der Waals surface area contributed by atoms with Crippen LogP contribution < -0.4 is 5.32 Å². The van der Waals surface area contributed by atoms with E-state index in [0.717, 1.165) is 11.4 Å². The third-order valence-corrected chi connectivity index (χ3v) is 4.60. The van der Waals surface area contributed by atoms with Gasteiger partial charge >= 0.3 is 0 Å². The molecular weight excluding hydrogens is 328 g/mol. The van der Waals surface area contributed by atoms with Crippen LogP contribution in [0.5, 0.6) is 0 Å². The van der Waals surface area contributed by atoms with Crippen LogP contribution in [0.25, 0.3) is 0 Å². The second-order valence-electron chi connectivity index (χ2n) is 5.04. The normalized spacial score (nSPS) is 12.0. The highest BCUT2D eigenvalue weighted by Gasteiger charge is 2.20. The average molecular weight is 351 g/mol. The number of rotatable bonds is 7. The number of benzene rings is 1. The molecule has 1 atom stereocenters. The first-order valence-electron chi connectivity index (χ1n) is 7.39. The molecule has 0 aliphatic carbocycles. The predicted octanol–water partition coefficient (Wildman–Crippen LogP) is 4.41. The van der Waals surface area contributed by atoms with Crippen molar-refractivity contribution in [3.8, 4) is 0 Å². The van der Waals surface area contributed by atoms with Crippen LogP contribution in [0.3, 0.4) is 0 Å². The molecule has 0 saturated heterocycles. The van der Waals surface area contributed by atoms with Crippen molar-refractivity contribution in [2.75, 3.05) is 31.8 Å². The first-order valence-corrected chi connectivity index (χ1v) is 9.03. The quantitative estimate of drug-likeness (QED) is 0.589. The summed E-state index contributed by atoms with van der Waals surface area (Å²) in [6.07, 6.45) is 3.74. The highest BCUT2D eigenvalue weighted by atomic mass is 32.2. The summed E-state index contributed by atoms with van der Waals surface area (Å²) in [4.78, 5) is 3.27. The molecule has 0 unspecified atom stereocenters. The molecule has 0 aliphatic heterocycles. The summed E-state index contributed by atoms with van der Waals surface area (Å²) in [6, 6.07) is 12.1. The molecule has 2 rings (SSSR count). The highest BCUT2D eigenvalue weighted by molar-refractivity contribution is 7.98. The number of hydrogen-bond donors (Lipinski definition) is 1. The number of thiocarbonyl (C=S) groups is 1. The van der Waals surface area contributed by atoms with Gasteiger partial charge in [0, 0.05) is 24.2 Å². The second kappa shape index (κ2) is 8.96. The molecular formula is C17H22N2O2S2. The standard InChI is InChI=1S/C17H22N2O2S2/c1-13(16-8-5-10-21-16)19(9-11-20-2)17(22)18-14-6-4-7-15(12-14)23-3/h4-8,10,12-13H,9,11H2,1-3H3,(H,18,22)/t13-/m0/s1. The van der Waals surface area contributed by atoms with Crippen molar-refractivity contribution in [2.24, 2.45) is 0 Å². The van der Waals surface area contributed by atoms with Gasteiger partial charge in [-0.25, -0.2) is 0 Å². The van der Waals surface area contributed by atoms with Gasteiger partial charge in [0.05, 0.1) is 18.9 Å². The lowest BCUT2D eigenvalue weighted by molar-refractivity contribution is 0.160. The van der Waals surface area contributed by atoms with E-state index < -0.39 is 0 Å². The highest BCUT2D eigenvalue weighted by Crippen LogP contribution is 2.23. The number of nitrogens with zero attached hydrogens (tertiary/aromatic N) is 1. The lowest BCUT2D eigenvalue weighted by atomic mass is 10.2. The third kappa shape index (κ3) is 4.99. The van der Waals surface area contributed by atoms with E-state index in [1.54, 1.807) is 25.1 Å². The molecule has 0 bridgehead atoms. The Bertz CT molecular complexity index is 617. The molecule has 1 heterocycles. The molecule has 6 heteroatoms. The van der Waals surface area contributed by atoms with Crippen molar-refractivity contribution in [3.63, 3.8) is 0 Å². The van der Waals surface area contributed by atoms with Gasteiger partial charge in [-0.05, 0) is 55.7 Å². The monoisotopic (exact) mass is 350 g/mol. The zero-order valence-electron chi connectivity index (χ0n) is 13.6. The van der Waals surface area contributed by atoms with E-state index >= 15 is 0 Å². The third-order valence-electron chi connectivity index (χ3n) is 3.54. The fourth-order valence-electron chi connectivity index (χ4n) is 2.24. The molecule has 0 amide bonds. The zero-order chi connectivity index (χ0) is 16.7. The Morgan fingerprint density at radius 1 is 1.39 bits per heavy atom. The summed E-state index contributed by atoms with van der Waals surface area (Å²) >= 11 is 7.32. The molecule has 23 heavy (non-hydrogen) atoms. The molecule has 0 aliphatic rings. The van der Waals surface area contributed by atoms with E-state index in [9.17, 15) is 0 Å². The molecule has 1 aromatic carbocycles. The van der Waals surface area contributed by atoms with Gasteiger partial charge < -0.3 is 19.4 Å². The van der Waals surface area contributed by atoms with Crippen molar-refractivity contribution in [2.45, 2.75) is 17.9 Å². The molecule has 4 nitrogen and oxygen atoms in total. The smallest absolute Gasteiger partial charge is 0.174 e. The maximum absolute atomic E-state index is 5.61. The Labute approximate surface area is 147 Å². The van der Waals surface area contributed by atoms with Crippen molar-refractivity contribution in [3.05, 3.63) is 48.4 Å². The minimum atomic E-state index is 0.0314. The summed E-state index contributed by atoms with van der Waals surface area (Å²) in [5, 5.41) is 3.97. The molecule has 1 N–H and O–H groups in total. The fourth-order valence-corrected chi connectivity index (χ4v) is 3.07. The predicted molar refractivity (Wildman–Crippen MR) is 100 cm³/mol. The van der Waals surface area contributed by atoms with Crippen molar-refractivity contribution >= 4 is 34.8 Å². The van der Waals surface area contributed by atoms with E-state index in [2.05, 4.69) is 35.5 Å². The van der Waals surface area contributed by atoms with Crippen LogP contribution in [0.4, 0.5) is 5.69 Å². The Kier molecular flexibility index (Phi) is 6.95.